The lowest BCUT2D eigenvalue weighted by molar-refractivity contribution is -0.136. The first-order chi connectivity index (χ1) is 5.70. The van der Waals surface area contributed by atoms with Gasteiger partial charge < -0.3 is 10.2 Å². The zero-order valence-electron chi connectivity index (χ0n) is 7.04. The first-order valence-electron chi connectivity index (χ1n) is 3.85. The monoisotopic (exact) mass is 168 g/mol. The van der Waals surface area contributed by atoms with E-state index < -0.39 is 5.92 Å². The zero-order chi connectivity index (χ0) is 9.14. The first kappa shape index (κ1) is 8.77. The summed E-state index contributed by atoms with van der Waals surface area (Å²) < 4.78 is 0. The Bertz CT molecular complexity index is 225. The number of carbonyl (C=O) groups is 2. The molecule has 1 heterocycles. The van der Waals surface area contributed by atoms with E-state index in [9.17, 15) is 9.59 Å². The molecule has 1 saturated heterocycles. The fourth-order valence-corrected chi connectivity index (χ4v) is 1.30. The number of likely N-dealkylation sites (tertiary alicyclic amines) is 1. The number of amides is 2. The second kappa shape index (κ2) is 3.38. The highest BCUT2D eigenvalue weighted by Crippen LogP contribution is 2.17. The van der Waals surface area contributed by atoms with Crippen molar-refractivity contribution < 1.29 is 9.59 Å². The van der Waals surface area contributed by atoms with E-state index >= 15 is 0 Å². The third-order valence-electron chi connectivity index (χ3n) is 2.02. The molecule has 12 heavy (non-hydrogen) atoms. The lowest BCUT2D eigenvalue weighted by atomic mass is 10.1. The van der Waals surface area contributed by atoms with Gasteiger partial charge in [-0.15, -0.1) is 0 Å². The Kier molecular flexibility index (Phi) is 2.47. The molecule has 0 aliphatic carbocycles. The third-order valence-corrected chi connectivity index (χ3v) is 2.02. The van der Waals surface area contributed by atoms with Gasteiger partial charge in [-0.2, -0.15) is 0 Å². The van der Waals surface area contributed by atoms with Crippen molar-refractivity contribution in [2.24, 2.45) is 5.92 Å². The van der Waals surface area contributed by atoms with E-state index in [1.165, 1.54) is 18.1 Å². The van der Waals surface area contributed by atoms with Crippen LogP contribution in [0.15, 0.2) is 12.8 Å². The third kappa shape index (κ3) is 1.32. The van der Waals surface area contributed by atoms with Crippen molar-refractivity contribution in [2.75, 3.05) is 13.6 Å². The number of rotatable bonds is 2. The summed E-state index contributed by atoms with van der Waals surface area (Å²) in [6.07, 6.45) is 2.05. The van der Waals surface area contributed by atoms with E-state index in [0.717, 1.165) is 0 Å². The van der Waals surface area contributed by atoms with Crippen LogP contribution in [0.25, 0.3) is 0 Å². The Hall–Kier alpha value is -1.32. The van der Waals surface area contributed by atoms with E-state index in [2.05, 4.69) is 11.9 Å². The van der Waals surface area contributed by atoms with Gasteiger partial charge in [-0.1, -0.05) is 6.58 Å². The minimum atomic E-state index is -0.506. The molecule has 0 aromatic rings. The molecule has 0 aromatic heterocycles. The van der Waals surface area contributed by atoms with Crippen molar-refractivity contribution in [1.29, 1.82) is 0 Å². The number of nitrogens with one attached hydrogen (secondary N) is 1. The molecular weight excluding hydrogens is 156 g/mol. The Balaban J connectivity index is 2.66. The molecule has 1 aliphatic rings. The molecule has 0 saturated carbocycles. The first-order valence-corrected chi connectivity index (χ1v) is 3.85. The van der Waals surface area contributed by atoms with Crippen LogP contribution < -0.4 is 5.32 Å². The molecule has 1 unspecified atom stereocenters. The highest BCUT2D eigenvalue weighted by Gasteiger charge is 2.34. The summed E-state index contributed by atoms with van der Waals surface area (Å²) in [6, 6.07) is 0. The van der Waals surface area contributed by atoms with Gasteiger partial charge in [-0.05, 0) is 12.6 Å². The summed E-state index contributed by atoms with van der Waals surface area (Å²) in [5, 5.41) is 2.46. The van der Waals surface area contributed by atoms with Gasteiger partial charge in [0.15, 0.2) is 0 Å². The summed E-state index contributed by atoms with van der Waals surface area (Å²) in [5.41, 5.74) is 0. The molecule has 4 nitrogen and oxygen atoms in total. The van der Waals surface area contributed by atoms with Crippen LogP contribution in [0.4, 0.5) is 0 Å². The quantitative estimate of drug-likeness (QED) is 0.577. The largest absolute Gasteiger partial charge is 0.358 e. The van der Waals surface area contributed by atoms with Crippen molar-refractivity contribution >= 4 is 11.8 Å². The second-order valence-corrected chi connectivity index (χ2v) is 2.67. The van der Waals surface area contributed by atoms with E-state index in [1.807, 2.05) is 0 Å². The summed E-state index contributed by atoms with van der Waals surface area (Å²) >= 11 is 0. The maximum atomic E-state index is 11.3. The molecule has 2 amide bonds. The van der Waals surface area contributed by atoms with Crippen LogP contribution >= 0.6 is 0 Å². The molecule has 1 rings (SSSR count). The Morgan fingerprint density at radius 3 is 2.92 bits per heavy atom. The Labute approximate surface area is 71.2 Å². The zero-order valence-corrected chi connectivity index (χ0v) is 7.04. The van der Waals surface area contributed by atoms with Gasteiger partial charge in [0.05, 0.1) is 0 Å². The van der Waals surface area contributed by atoms with Crippen LogP contribution in [0.1, 0.15) is 6.42 Å². The van der Waals surface area contributed by atoms with Crippen molar-refractivity contribution in [3.05, 3.63) is 12.8 Å². The molecule has 66 valence electrons. The smallest absolute Gasteiger partial charge is 0.239 e. The van der Waals surface area contributed by atoms with Crippen molar-refractivity contribution in [2.45, 2.75) is 6.42 Å². The highest BCUT2D eigenvalue weighted by atomic mass is 16.2. The van der Waals surface area contributed by atoms with Gasteiger partial charge in [0.2, 0.25) is 11.8 Å². The standard InChI is InChI=1S/C8H12N2O2/c1-3-10-5-4-6(8(10)12)7(11)9-2/h3,6H,1,4-5H2,2H3,(H,9,11). The van der Waals surface area contributed by atoms with E-state index in [0.29, 0.717) is 13.0 Å². The molecule has 0 spiro atoms. The second-order valence-electron chi connectivity index (χ2n) is 2.67. The average molecular weight is 168 g/mol. The number of nitrogens with zero attached hydrogens (tertiary/aromatic N) is 1. The van der Waals surface area contributed by atoms with Gasteiger partial charge in [0.1, 0.15) is 5.92 Å². The summed E-state index contributed by atoms with van der Waals surface area (Å²) in [7, 11) is 1.53. The highest BCUT2D eigenvalue weighted by molar-refractivity contribution is 6.01. The topological polar surface area (TPSA) is 49.4 Å². The van der Waals surface area contributed by atoms with Gasteiger partial charge in [0, 0.05) is 13.6 Å². The molecular formula is C8H12N2O2. The van der Waals surface area contributed by atoms with E-state index in [-0.39, 0.29) is 11.8 Å². The molecule has 1 N–H and O–H groups in total. The van der Waals surface area contributed by atoms with Gasteiger partial charge in [-0.25, -0.2) is 0 Å². The van der Waals surface area contributed by atoms with Crippen LogP contribution in [0.2, 0.25) is 0 Å². The van der Waals surface area contributed by atoms with Gasteiger partial charge >= 0.3 is 0 Å². The molecule has 1 aliphatic heterocycles. The fourth-order valence-electron chi connectivity index (χ4n) is 1.30. The average Bonchev–Trinajstić information content (AvgIpc) is 2.45. The van der Waals surface area contributed by atoms with Crippen molar-refractivity contribution in [3.8, 4) is 0 Å². The molecule has 4 heteroatoms. The van der Waals surface area contributed by atoms with Crippen molar-refractivity contribution in [1.82, 2.24) is 10.2 Å². The number of hydrogen-bond acceptors (Lipinski definition) is 2. The van der Waals surface area contributed by atoms with Crippen LogP contribution in [0.3, 0.4) is 0 Å². The minimum Gasteiger partial charge on any atom is -0.358 e. The molecule has 1 atom stereocenters. The molecule has 1 fully saturated rings. The van der Waals surface area contributed by atoms with Gasteiger partial charge in [-0.3, -0.25) is 9.59 Å². The molecule has 0 bridgehead atoms. The number of carbonyl (C=O) groups excluding carboxylic acids is 2. The van der Waals surface area contributed by atoms with Crippen LogP contribution in [-0.2, 0) is 9.59 Å². The van der Waals surface area contributed by atoms with Crippen LogP contribution in [-0.4, -0.2) is 30.3 Å². The van der Waals surface area contributed by atoms with Crippen molar-refractivity contribution in [3.63, 3.8) is 0 Å². The Morgan fingerprint density at radius 2 is 2.50 bits per heavy atom. The molecule has 0 aromatic carbocycles. The maximum absolute atomic E-state index is 11.3. The normalized spacial score (nSPS) is 22.6. The SMILES string of the molecule is C=CN1CCC(C(=O)NC)C1=O. The molecule has 0 radical (unpaired) electrons. The summed E-state index contributed by atoms with van der Waals surface area (Å²) in [6.45, 7) is 4.08. The summed E-state index contributed by atoms with van der Waals surface area (Å²) in [4.78, 5) is 23.9. The minimum absolute atomic E-state index is 0.149. The number of hydrogen-bond donors (Lipinski definition) is 1. The summed E-state index contributed by atoms with van der Waals surface area (Å²) in [5.74, 6) is -0.860. The van der Waals surface area contributed by atoms with Crippen LogP contribution in [0.5, 0.6) is 0 Å². The fraction of sp³-hybridized carbons (Fsp3) is 0.500. The predicted octanol–water partition coefficient (Wildman–Crippen LogP) is -0.276. The van der Waals surface area contributed by atoms with E-state index in [4.69, 9.17) is 0 Å². The van der Waals surface area contributed by atoms with Gasteiger partial charge in [0.25, 0.3) is 0 Å². The van der Waals surface area contributed by atoms with E-state index in [1.54, 1.807) is 0 Å². The maximum Gasteiger partial charge on any atom is 0.239 e. The predicted molar refractivity (Wildman–Crippen MR) is 44.1 cm³/mol. The Morgan fingerprint density at radius 1 is 1.83 bits per heavy atom. The lowest BCUT2D eigenvalue weighted by Crippen LogP contribution is -2.33. The van der Waals surface area contributed by atoms with Crippen LogP contribution in [0, 0.1) is 5.92 Å². The lowest BCUT2D eigenvalue weighted by Gasteiger charge is -2.09.